The summed E-state index contributed by atoms with van der Waals surface area (Å²) in [6, 6.07) is 36.6. The Balaban J connectivity index is 0.903. The summed E-state index contributed by atoms with van der Waals surface area (Å²) in [7, 11) is 0. The van der Waals surface area contributed by atoms with E-state index in [4.69, 9.17) is 0 Å². The molecular formula is C34H26N8O2. The lowest BCUT2D eigenvalue weighted by Crippen LogP contribution is -2.20. The molecule has 0 bridgehead atoms. The summed E-state index contributed by atoms with van der Waals surface area (Å²) in [6.45, 7) is 0. The monoisotopic (exact) mass is 578 g/mol. The van der Waals surface area contributed by atoms with Crippen LogP contribution >= 0.6 is 0 Å². The molecule has 44 heavy (non-hydrogen) atoms. The van der Waals surface area contributed by atoms with Crippen molar-refractivity contribution in [1.29, 1.82) is 0 Å². The van der Waals surface area contributed by atoms with E-state index in [1.54, 1.807) is 24.3 Å². The first-order valence-electron chi connectivity index (χ1n) is 13.9. The van der Waals surface area contributed by atoms with Crippen molar-refractivity contribution in [3.63, 3.8) is 0 Å². The third-order valence-electron chi connectivity index (χ3n) is 7.01. The number of carbonyl (C=O) groups excluding carboxylic acids is 2. The summed E-state index contributed by atoms with van der Waals surface area (Å²) in [5.41, 5.74) is 8.01. The van der Waals surface area contributed by atoms with E-state index in [0.29, 0.717) is 22.7 Å². The second-order valence-corrected chi connectivity index (χ2v) is 10.1. The summed E-state index contributed by atoms with van der Waals surface area (Å²) < 4.78 is 0. The molecule has 0 saturated heterocycles. The Bertz CT molecular complexity index is 1880. The highest BCUT2D eigenvalue weighted by Crippen LogP contribution is 2.24. The molecule has 2 heterocycles. The van der Waals surface area contributed by atoms with Gasteiger partial charge in [0.15, 0.2) is 0 Å². The number of nitrogens with one attached hydrogen (secondary N) is 6. The molecule has 10 nitrogen and oxygen atoms in total. The number of nitrogens with zero attached hydrogens (tertiary/aromatic N) is 2. The molecular weight excluding hydrogens is 552 g/mol. The number of H-pyrrole nitrogens is 2. The Morgan fingerprint density at radius 1 is 0.432 bits per heavy atom. The standard InChI is InChI=1S/C34H26N8O2/c43-33(35-23-13-9-21(10-14-23)31-39-27-5-1-2-6-28(27)40-31)37-25-17-19-26(20-18-25)38-34(44)36-24-15-11-22(12-16-24)32-41-29-7-3-4-8-30(29)42-32/h1-20H,(H,39,40)(H,41,42)(H2,35,37,43)(H2,36,38,44). The minimum absolute atomic E-state index is 0.383. The second-order valence-electron chi connectivity index (χ2n) is 10.1. The summed E-state index contributed by atoms with van der Waals surface area (Å²) in [6.07, 6.45) is 0. The number of para-hydroxylation sites is 4. The Morgan fingerprint density at radius 2 is 0.750 bits per heavy atom. The lowest BCUT2D eigenvalue weighted by molar-refractivity contribution is 0.261. The predicted molar refractivity (Wildman–Crippen MR) is 175 cm³/mol. The molecule has 0 saturated carbocycles. The third-order valence-corrected chi connectivity index (χ3v) is 7.01. The van der Waals surface area contributed by atoms with E-state index in [-0.39, 0.29) is 12.1 Å². The van der Waals surface area contributed by atoms with E-state index in [9.17, 15) is 9.59 Å². The molecule has 0 aliphatic heterocycles. The van der Waals surface area contributed by atoms with Gasteiger partial charge in [0.25, 0.3) is 0 Å². The van der Waals surface area contributed by atoms with Gasteiger partial charge in [-0.05, 0) is 97.1 Å². The number of anilines is 4. The fraction of sp³-hybridized carbons (Fsp3) is 0. The quantitative estimate of drug-likeness (QED) is 0.119. The highest BCUT2D eigenvalue weighted by molar-refractivity contribution is 6.01. The Hall–Kier alpha value is -6.42. The topological polar surface area (TPSA) is 140 Å². The molecule has 0 aliphatic carbocycles. The summed E-state index contributed by atoms with van der Waals surface area (Å²) in [5, 5.41) is 11.2. The van der Waals surface area contributed by atoms with Gasteiger partial charge in [-0.1, -0.05) is 24.3 Å². The van der Waals surface area contributed by atoms with Crippen molar-refractivity contribution in [2.75, 3.05) is 21.3 Å². The zero-order valence-corrected chi connectivity index (χ0v) is 23.3. The van der Waals surface area contributed by atoms with Crippen LogP contribution < -0.4 is 21.3 Å². The first-order chi connectivity index (χ1) is 21.6. The largest absolute Gasteiger partial charge is 0.338 e. The number of imidazole rings is 2. The maximum atomic E-state index is 12.6. The molecule has 10 heteroatoms. The van der Waals surface area contributed by atoms with Crippen LogP contribution in [-0.2, 0) is 0 Å². The van der Waals surface area contributed by atoms with Crippen LogP contribution in [0.4, 0.5) is 32.3 Å². The van der Waals surface area contributed by atoms with Crippen molar-refractivity contribution in [2.45, 2.75) is 0 Å². The van der Waals surface area contributed by atoms with E-state index in [0.717, 1.165) is 44.8 Å². The second kappa shape index (κ2) is 11.5. The van der Waals surface area contributed by atoms with Crippen LogP contribution in [0.25, 0.3) is 44.8 Å². The number of hydrogen-bond acceptors (Lipinski definition) is 4. The summed E-state index contributed by atoms with van der Waals surface area (Å²) in [5.74, 6) is 1.53. The van der Waals surface area contributed by atoms with Gasteiger partial charge in [-0.25, -0.2) is 19.6 Å². The molecule has 214 valence electrons. The minimum atomic E-state index is -0.383. The molecule has 5 aromatic carbocycles. The summed E-state index contributed by atoms with van der Waals surface area (Å²) in [4.78, 5) is 40.9. The lowest BCUT2D eigenvalue weighted by atomic mass is 10.2. The van der Waals surface area contributed by atoms with Crippen molar-refractivity contribution < 1.29 is 9.59 Å². The van der Waals surface area contributed by atoms with E-state index >= 15 is 0 Å². The average molecular weight is 579 g/mol. The number of fused-ring (bicyclic) bond motifs is 2. The fourth-order valence-corrected chi connectivity index (χ4v) is 4.83. The number of hydrogen-bond donors (Lipinski definition) is 6. The van der Waals surface area contributed by atoms with Crippen LogP contribution in [0.15, 0.2) is 121 Å². The number of amides is 4. The Morgan fingerprint density at radius 3 is 1.09 bits per heavy atom. The van der Waals surface area contributed by atoms with Crippen LogP contribution in [0.5, 0.6) is 0 Å². The van der Waals surface area contributed by atoms with Gasteiger partial charge in [0, 0.05) is 33.9 Å². The van der Waals surface area contributed by atoms with E-state index < -0.39 is 0 Å². The van der Waals surface area contributed by atoms with Gasteiger partial charge in [-0.15, -0.1) is 0 Å². The molecule has 0 atom stereocenters. The number of aromatic nitrogens is 4. The maximum absolute atomic E-state index is 12.6. The number of benzene rings is 5. The number of rotatable bonds is 6. The SMILES string of the molecule is O=C(Nc1ccc(NC(=O)Nc2ccc(-c3nc4ccccc4[nH]3)cc2)cc1)Nc1ccc(-c2nc3ccccc3[nH]2)cc1. The van der Waals surface area contributed by atoms with Gasteiger partial charge in [0.1, 0.15) is 11.6 Å². The normalized spacial score (nSPS) is 10.9. The van der Waals surface area contributed by atoms with Crippen molar-refractivity contribution in [1.82, 2.24) is 19.9 Å². The van der Waals surface area contributed by atoms with Crippen LogP contribution in [0, 0.1) is 0 Å². The molecule has 0 radical (unpaired) electrons. The summed E-state index contributed by atoms with van der Waals surface area (Å²) >= 11 is 0. The number of carbonyl (C=O) groups is 2. The average Bonchev–Trinajstić information content (AvgIpc) is 3.68. The van der Waals surface area contributed by atoms with Crippen molar-refractivity contribution in [3.8, 4) is 22.8 Å². The van der Waals surface area contributed by atoms with Crippen LogP contribution in [0.2, 0.25) is 0 Å². The van der Waals surface area contributed by atoms with Gasteiger partial charge >= 0.3 is 12.1 Å². The highest BCUT2D eigenvalue weighted by atomic mass is 16.2. The van der Waals surface area contributed by atoms with Crippen molar-refractivity contribution >= 4 is 56.9 Å². The molecule has 0 aliphatic rings. The maximum Gasteiger partial charge on any atom is 0.323 e. The van der Waals surface area contributed by atoms with Crippen molar-refractivity contribution in [3.05, 3.63) is 121 Å². The van der Waals surface area contributed by atoms with Crippen molar-refractivity contribution in [2.24, 2.45) is 0 Å². The van der Waals surface area contributed by atoms with Gasteiger partial charge in [0.05, 0.1) is 22.1 Å². The zero-order chi connectivity index (χ0) is 29.9. The Kier molecular flexibility index (Phi) is 6.89. The van der Waals surface area contributed by atoms with Crippen LogP contribution in [0.3, 0.4) is 0 Å². The number of urea groups is 2. The molecule has 4 amide bonds. The molecule has 7 rings (SSSR count). The molecule has 6 N–H and O–H groups in total. The first kappa shape index (κ1) is 26.5. The molecule has 0 unspecified atom stereocenters. The van der Waals surface area contributed by atoms with Crippen LogP contribution in [0.1, 0.15) is 0 Å². The smallest absolute Gasteiger partial charge is 0.323 e. The molecule has 2 aromatic heterocycles. The first-order valence-corrected chi connectivity index (χ1v) is 13.9. The fourth-order valence-electron chi connectivity index (χ4n) is 4.83. The number of aromatic amines is 2. The third kappa shape index (κ3) is 5.81. The zero-order valence-electron chi connectivity index (χ0n) is 23.3. The Labute approximate surface area is 251 Å². The van der Waals surface area contributed by atoms with E-state index in [1.807, 2.05) is 97.1 Å². The van der Waals surface area contributed by atoms with Gasteiger partial charge < -0.3 is 31.2 Å². The molecule has 0 spiro atoms. The lowest BCUT2D eigenvalue weighted by Gasteiger charge is -2.10. The van der Waals surface area contributed by atoms with E-state index in [2.05, 4.69) is 41.2 Å². The van der Waals surface area contributed by atoms with Gasteiger partial charge in [0.2, 0.25) is 0 Å². The minimum Gasteiger partial charge on any atom is -0.338 e. The molecule has 0 fully saturated rings. The molecule has 7 aromatic rings. The highest BCUT2D eigenvalue weighted by Gasteiger charge is 2.09. The van der Waals surface area contributed by atoms with Gasteiger partial charge in [-0.2, -0.15) is 0 Å². The van der Waals surface area contributed by atoms with Crippen LogP contribution in [-0.4, -0.2) is 32.0 Å². The van der Waals surface area contributed by atoms with E-state index in [1.165, 1.54) is 0 Å². The predicted octanol–water partition coefficient (Wildman–Crippen LogP) is 8.06. The van der Waals surface area contributed by atoms with Gasteiger partial charge in [-0.3, -0.25) is 0 Å².